The lowest BCUT2D eigenvalue weighted by atomic mass is 10.1. The Morgan fingerprint density at radius 1 is 1.35 bits per heavy atom. The van der Waals surface area contributed by atoms with Gasteiger partial charge in [-0.3, -0.25) is 9.56 Å². The van der Waals surface area contributed by atoms with Gasteiger partial charge in [0, 0.05) is 12.1 Å². The van der Waals surface area contributed by atoms with Crippen LogP contribution in [0.3, 0.4) is 0 Å². The number of aliphatic imine (C=N–C) groups is 1. The monoisotopic (exact) mass is 268 g/mol. The van der Waals surface area contributed by atoms with Gasteiger partial charge in [0.2, 0.25) is 0 Å². The fourth-order valence-electron chi connectivity index (χ4n) is 2.76. The van der Waals surface area contributed by atoms with Gasteiger partial charge in [-0.1, -0.05) is 17.3 Å². The molecule has 0 saturated heterocycles. The lowest BCUT2D eigenvalue weighted by molar-refractivity contribution is 0.318. The molecule has 1 aromatic carbocycles. The fourth-order valence-corrected chi connectivity index (χ4v) is 2.76. The van der Waals surface area contributed by atoms with Gasteiger partial charge in [-0.2, -0.15) is 0 Å². The van der Waals surface area contributed by atoms with Crippen molar-refractivity contribution in [3.63, 3.8) is 0 Å². The van der Waals surface area contributed by atoms with Crippen LogP contribution in [0.1, 0.15) is 11.3 Å². The molecule has 2 aromatic rings. The molecule has 0 aliphatic carbocycles. The Labute approximate surface area is 114 Å². The van der Waals surface area contributed by atoms with Gasteiger partial charge in [-0.25, -0.2) is 4.98 Å². The van der Waals surface area contributed by atoms with Crippen molar-refractivity contribution >= 4 is 17.5 Å². The summed E-state index contributed by atoms with van der Waals surface area (Å²) in [5.41, 5.74) is 8.27. The summed E-state index contributed by atoms with van der Waals surface area (Å²) in [6.45, 7) is 1.49. The molecule has 7 nitrogen and oxygen atoms in total. The topological polar surface area (TPSA) is 92.0 Å². The number of benzene rings is 1. The number of fused-ring (bicyclic) bond motifs is 6. The number of hydrogen-bond donors (Lipinski definition) is 2. The second kappa shape index (κ2) is 3.83. The quantitative estimate of drug-likeness (QED) is 0.342. The average molecular weight is 268 g/mol. The number of amidine groups is 2. The largest absolute Gasteiger partial charge is 0.409 e. The van der Waals surface area contributed by atoms with Gasteiger partial charge in [-0.15, -0.1) is 0 Å². The van der Waals surface area contributed by atoms with E-state index < -0.39 is 0 Å². The summed E-state index contributed by atoms with van der Waals surface area (Å²) in [5, 5.41) is 12.0. The molecule has 100 valence electrons. The van der Waals surface area contributed by atoms with Crippen molar-refractivity contribution in [1.29, 1.82) is 0 Å². The number of hydrogen-bond acceptors (Lipinski definition) is 5. The van der Waals surface area contributed by atoms with Crippen LogP contribution in [0.25, 0.3) is 5.69 Å². The molecule has 4 rings (SSSR count). The van der Waals surface area contributed by atoms with Gasteiger partial charge in [0.1, 0.15) is 12.2 Å². The van der Waals surface area contributed by atoms with Crippen molar-refractivity contribution in [3.05, 3.63) is 41.9 Å². The van der Waals surface area contributed by atoms with Crippen LogP contribution in [-0.2, 0) is 0 Å². The van der Waals surface area contributed by atoms with Gasteiger partial charge < -0.3 is 15.8 Å². The molecule has 3 N–H and O–H groups in total. The first-order valence-electron chi connectivity index (χ1n) is 6.28. The standard InChI is InChI=1S/C13H12N6O/c14-11(17-20)10-13-18-6-5-15-12(18)8-3-1-2-4-9(8)19(13)7-16-10/h1-4,7,20H,5-6H2,(H2,14,17). The fraction of sp³-hybridized carbons (Fsp3) is 0.154. The number of oxime groups is 1. The second-order valence-corrected chi connectivity index (χ2v) is 4.65. The first-order valence-corrected chi connectivity index (χ1v) is 6.28. The first-order chi connectivity index (χ1) is 9.81. The van der Waals surface area contributed by atoms with E-state index >= 15 is 0 Å². The minimum Gasteiger partial charge on any atom is -0.409 e. The Balaban J connectivity index is 2.04. The van der Waals surface area contributed by atoms with E-state index in [9.17, 15) is 0 Å². The van der Waals surface area contributed by atoms with E-state index in [1.807, 2.05) is 28.8 Å². The maximum Gasteiger partial charge on any atom is 0.192 e. The smallest absolute Gasteiger partial charge is 0.192 e. The minimum atomic E-state index is 0.00406. The van der Waals surface area contributed by atoms with Crippen LogP contribution >= 0.6 is 0 Å². The van der Waals surface area contributed by atoms with E-state index in [1.54, 1.807) is 6.33 Å². The first kappa shape index (κ1) is 11.0. The summed E-state index contributed by atoms with van der Waals surface area (Å²) in [7, 11) is 0. The molecule has 0 spiro atoms. The van der Waals surface area contributed by atoms with Crippen molar-refractivity contribution in [2.75, 3.05) is 18.0 Å². The lowest BCUT2D eigenvalue weighted by Gasteiger charge is -2.29. The Morgan fingerprint density at radius 2 is 2.20 bits per heavy atom. The number of para-hydroxylation sites is 1. The van der Waals surface area contributed by atoms with Crippen LogP contribution in [0.5, 0.6) is 0 Å². The van der Waals surface area contributed by atoms with Crippen molar-refractivity contribution in [2.45, 2.75) is 0 Å². The Morgan fingerprint density at radius 3 is 3.05 bits per heavy atom. The van der Waals surface area contributed by atoms with Crippen molar-refractivity contribution in [3.8, 4) is 5.69 Å². The van der Waals surface area contributed by atoms with E-state index in [1.165, 1.54) is 0 Å². The van der Waals surface area contributed by atoms with E-state index in [0.29, 0.717) is 5.69 Å². The number of anilines is 1. The molecule has 2 aliphatic rings. The number of nitrogens with zero attached hydrogens (tertiary/aromatic N) is 5. The Hall–Kier alpha value is -2.83. The number of imidazole rings is 1. The van der Waals surface area contributed by atoms with E-state index in [-0.39, 0.29) is 5.84 Å². The molecule has 0 saturated carbocycles. The lowest BCUT2D eigenvalue weighted by Crippen LogP contribution is -2.36. The highest BCUT2D eigenvalue weighted by Gasteiger charge is 2.33. The van der Waals surface area contributed by atoms with Gasteiger partial charge >= 0.3 is 0 Å². The molecular weight excluding hydrogens is 256 g/mol. The Kier molecular flexibility index (Phi) is 2.11. The molecule has 0 atom stereocenters. The third-order valence-corrected chi connectivity index (χ3v) is 3.59. The maximum atomic E-state index is 8.91. The van der Waals surface area contributed by atoms with Crippen LogP contribution in [-0.4, -0.2) is 39.5 Å². The van der Waals surface area contributed by atoms with Crippen molar-refractivity contribution < 1.29 is 5.21 Å². The minimum absolute atomic E-state index is 0.00406. The summed E-state index contributed by atoms with van der Waals surface area (Å²) in [4.78, 5) is 10.9. The molecule has 7 heteroatoms. The molecule has 0 radical (unpaired) electrons. The zero-order chi connectivity index (χ0) is 13.7. The zero-order valence-corrected chi connectivity index (χ0v) is 10.6. The Bertz CT molecular complexity index is 760. The zero-order valence-electron chi connectivity index (χ0n) is 10.6. The number of aromatic nitrogens is 2. The molecule has 1 aromatic heterocycles. The van der Waals surface area contributed by atoms with Crippen LogP contribution in [0.15, 0.2) is 40.7 Å². The van der Waals surface area contributed by atoms with Crippen LogP contribution < -0.4 is 10.6 Å². The van der Waals surface area contributed by atoms with Crippen LogP contribution in [0.2, 0.25) is 0 Å². The molecule has 0 amide bonds. The summed E-state index contributed by atoms with van der Waals surface area (Å²) in [6.07, 6.45) is 1.69. The molecule has 2 aliphatic heterocycles. The predicted molar refractivity (Wildman–Crippen MR) is 74.8 cm³/mol. The summed E-state index contributed by atoms with van der Waals surface area (Å²) in [6, 6.07) is 8.01. The van der Waals surface area contributed by atoms with E-state index in [0.717, 1.165) is 36.0 Å². The molecule has 0 bridgehead atoms. The molecule has 0 fully saturated rings. The molecule has 0 unspecified atom stereocenters. The SMILES string of the molecule is NC(=NO)c1ncn2c1N1CCN=C1c1ccccc1-2. The summed E-state index contributed by atoms with van der Waals surface area (Å²) >= 11 is 0. The van der Waals surface area contributed by atoms with Gasteiger partial charge in [0.25, 0.3) is 0 Å². The van der Waals surface area contributed by atoms with Crippen molar-refractivity contribution in [2.24, 2.45) is 15.9 Å². The van der Waals surface area contributed by atoms with E-state index in [2.05, 4.69) is 20.0 Å². The summed E-state index contributed by atoms with van der Waals surface area (Å²) < 4.78 is 1.95. The predicted octanol–water partition coefficient (Wildman–Crippen LogP) is 0.547. The van der Waals surface area contributed by atoms with E-state index in [4.69, 9.17) is 10.9 Å². The molecule has 3 heterocycles. The highest BCUT2D eigenvalue weighted by molar-refractivity contribution is 6.17. The third kappa shape index (κ3) is 1.26. The highest BCUT2D eigenvalue weighted by atomic mass is 16.4. The maximum absolute atomic E-state index is 8.91. The van der Waals surface area contributed by atoms with Crippen molar-refractivity contribution in [1.82, 2.24) is 9.55 Å². The van der Waals surface area contributed by atoms with Crippen LogP contribution in [0, 0.1) is 0 Å². The van der Waals surface area contributed by atoms with Crippen LogP contribution in [0.4, 0.5) is 5.82 Å². The number of nitrogens with two attached hydrogens (primary N) is 1. The second-order valence-electron chi connectivity index (χ2n) is 4.65. The van der Waals surface area contributed by atoms with Gasteiger partial charge in [0.05, 0.1) is 12.2 Å². The van der Waals surface area contributed by atoms with Gasteiger partial charge in [0.15, 0.2) is 17.3 Å². The molecular formula is C13H12N6O. The molecule has 20 heavy (non-hydrogen) atoms. The van der Waals surface area contributed by atoms with Gasteiger partial charge in [-0.05, 0) is 12.1 Å². The number of rotatable bonds is 1. The third-order valence-electron chi connectivity index (χ3n) is 3.59. The normalized spacial score (nSPS) is 16.5. The highest BCUT2D eigenvalue weighted by Crippen LogP contribution is 2.34. The average Bonchev–Trinajstić information content (AvgIpc) is 3.13. The summed E-state index contributed by atoms with van der Waals surface area (Å²) in [5.74, 6) is 1.72.